The molecule has 0 bridgehead atoms. The molecule has 0 amide bonds. The first kappa shape index (κ1) is 22.7. The highest BCUT2D eigenvalue weighted by atomic mass is 16.5. The maximum atomic E-state index is 10.6. The number of carboxylic acids is 1. The molecule has 1 aliphatic heterocycles. The van der Waals surface area contributed by atoms with Crippen LogP contribution in [0.25, 0.3) is 0 Å². The molecule has 1 aliphatic carbocycles. The van der Waals surface area contributed by atoms with E-state index in [0.717, 1.165) is 24.2 Å². The smallest absolute Gasteiger partial charge is 0.329 e. The SMILES string of the molecule is Cc1ccccc1OC[C@H](O)/C=C/[C@@H]1[C@H]2CC[C@H](COCC(=O)O)CO[C@H]2C[C@H]1O. The molecular formula is C23H32O7. The van der Waals surface area contributed by atoms with Crippen LogP contribution in [0.3, 0.4) is 0 Å². The lowest BCUT2D eigenvalue weighted by atomic mass is 9.87. The number of para-hydroxylation sites is 1. The number of benzene rings is 1. The number of rotatable bonds is 9. The zero-order valence-corrected chi connectivity index (χ0v) is 17.4. The van der Waals surface area contributed by atoms with E-state index in [1.165, 1.54) is 0 Å². The molecule has 1 aromatic rings. The molecule has 166 valence electrons. The van der Waals surface area contributed by atoms with Crippen LogP contribution in [-0.4, -0.2) is 66.0 Å². The van der Waals surface area contributed by atoms with Crippen molar-refractivity contribution in [1.82, 2.24) is 0 Å². The second-order valence-electron chi connectivity index (χ2n) is 8.30. The number of carboxylic acid groups (broad SMARTS) is 1. The summed E-state index contributed by atoms with van der Waals surface area (Å²) in [5, 5.41) is 29.5. The third kappa shape index (κ3) is 6.28. The van der Waals surface area contributed by atoms with Gasteiger partial charge < -0.3 is 29.5 Å². The molecule has 3 rings (SSSR count). The minimum atomic E-state index is -0.973. The summed E-state index contributed by atoms with van der Waals surface area (Å²) in [5.41, 5.74) is 1.01. The molecule has 0 spiro atoms. The van der Waals surface area contributed by atoms with Gasteiger partial charge in [-0.3, -0.25) is 0 Å². The number of aliphatic hydroxyl groups excluding tert-OH is 2. The van der Waals surface area contributed by atoms with Crippen LogP contribution in [0.5, 0.6) is 5.75 Å². The van der Waals surface area contributed by atoms with Crippen LogP contribution in [0, 0.1) is 24.7 Å². The van der Waals surface area contributed by atoms with E-state index in [0.29, 0.717) is 19.6 Å². The maximum Gasteiger partial charge on any atom is 0.329 e. The Labute approximate surface area is 177 Å². The van der Waals surface area contributed by atoms with E-state index >= 15 is 0 Å². The van der Waals surface area contributed by atoms with Crippen molar-refractivity contribution in [2.24, 2.45) is 17.8 Å². The molecular weight excluding hydrogens is 388 g/mol. The van der Waals surface area contributed by atoms with E-state index in [4.69, 9.17) is 19.3 Å². The number of hydrogen-bond acceptors (Lipinski definition) is 6. The number of carbonyl (C=O) groups is 1. The standard InChI is InChI=1S/C23H32O7/c1-15-4-2-3-5-21(15)30-13-17(24)7-9-18-19-8-6-16(11-28-14-23(26)27)12-29-22(19)10-20(18)25/h2-5,7,9,16-20,22,24-25H,6,8,10-14H2,1H3,(H,26,27)/b9-7+/t16-,17-,18-,19-,20-,22+/m1/s1. The van der Waals surface area contributed by atoms with Gasteiger partial charge in [-0.1, -0.05) is 30.4 Å². The van der Waals surface area contributed by atoms with E-state index < -0.39 is 18.2 Å². The normalized spacial score (nSPS) is 30.0. The fourth-order valence-corrected chi connectivity index (χ4v) is 4.37. The second-order valence-corrected chi connectivity index (χ2v) is 8.30. The molecule has 7 nitrogen and oxygen atoms in total. The van der Waals surface area contributed by atoms with Gasteiger partial charge in [-0.05, 0) is 37.3 Å². The predicted molar refractivity (Wildman–Crippen MR) is 110 cm³/mol. The van der Waals surface area contributed by atoms with Crippen molar-refractivity contribution in [3.8, 4) is 5.75 Å². The van der Waals surface area contributed by atoms with Gasteiger partial charge in [-0.15, -0.1) is 0 Å². The first-order valence-corrected chi connectivity index (χ1v) is 10.6. The number of fused-ring (bicyclic) bond motifs is 1. The largest absolute Gasteiger partial charge is 0.490 e. The highest BCUT2D eigenvalue weighted by Gasteiger charge is 2.43. The fourth-order valence-electron chi connectivity index (χ4n) is 4.37. The summed E-state index contributed by atoms with van der Waals surface area (Å²) in [5.74, 6) is 0.0239. The minimum absolute atomic E-state index is 0.0283. The van der Waals surface area contributed by atoms with Crippen LogP contribution >= 0.6 is 0 Å². The summed E-state index contributed by atoms with van der Waals surface area (Å²) in [6.45, 7) is 2.69. The lowest BCUT2D eigenvalue weighted by Gasteiger charge is -2.21. The van der Waals surface area contributed by atoms with Gasteiger partial charge in [0.05, 0.1) is 25.4 Å². The lowest BCUT2D eigenvalue weighted by Crippen LogP contribution is -2.22. The molecule has 1 aromatic carbocycles. The summed E-state index contributed by atoms with van der Waals surface area (Å²) in [6, 6.07) is 7.66. The molecule has 1 saturated heterocycles. The van der Waals surface area contributed by atoms with Crippen LogP contribution in [-0.2, 0) is 14.3 Å². The summed E-state index contributed by atoms with van der Waals surface area (Å²) >= 11 is 0. The first-order valence-electron chi connectivity index (χ1n) is 10.6. The zero-order chi connectivity index (χ0) is 21.5. The van der Waals surface area contributed by atoms with Crippen molar-refractivity contribution >= 4 is 5.97 Å². The topological polar surface area (TPSA) is 105 Å². The molecule has 1 saturated carbocycles. The average Bonchev–Trinajstić information content (AvgIpc) is 2.87. The third-order valence-corrected chi connectivity index (χ3v) is 5.98. The Morgan fingerprint density at radius 2 is 2.13 bits per heavy atom. The van der Waals surface area contributed by atoms with Gasteiger partial charge in [-0.25, -0.2) is 4.79 Å². The van der Waals surface area contributed by atoms with Gasteiger partial charge in [0.1, 0.15) is 25.1 Å². The molecule has 1 heterocycles. The average molecular weight is 421 g/mol. The second kappa shape index (κ2) is 10.9. The zero-order valence-electron chi connectivity index (χ0n) is 17.4. The predicted octanol–water partition coefficient (Wildman–Crippen LogP) is 2.18. The van der Waals surface area contributed by atoms with Crippen molar-refractivity contribution < 1.29 is 34.3 Å². The summed E-state index contributed by atoms with van der Waals surface area (Å²) < 4.78 is 16.9. The molecule has 3 N–H and O–H groups in total. The van der Waals surface area contributed by atoms with E-state index in [-0.39, 0.29) is 37.1 Å². The van der Waals surface area contributed by atoms with Crippen LogP contribution in [0.15, 0.2) is 36.4 Å². The Morgan fingerprint density at radius 3 is 2.90 bits per heavy atom. The molecule has 6 atom stereocenters. The Kier molecular flexibility index (Phi) is 8.27. The minimum Gasteiger partial charge on any atom is -0.490 e. The lowest BCUT2D eigenvalue weighted by molar-refractivity contribution is -0.143. The van der Waals surface area contributed by atoms with Gasteiger partial charge >= 0.3 is 5.97 Å². The molecule has 2 fully saturated rings. The maximum absolute atomic E-state index is 10.6. The molecule has 7 heteroatoms. The van der Waals surface area contributed by atoms with E-state index in [1.54, 1.807) is 6.08 Å². The Balaban J connectivity index is 1.50. The van der Waals surface area contributed by atoms with Crippen LogP contribution in [0.2, 0.25) is 0 Å². The van der Waals surface area contributed by atoms with E-state index in [1.807, 2.05) is 37.3 Å². The third-order valence-electron chi connectivity index (χ3n) is 5.98. The number of aliphatic hydroxyl groups is 2. The van der Waals surface area contributed by atoms with Gasteiger partial charge in [-0.2, -0.15) is 0 Å². The van der Waals surface area contributed by atoms with Gasteiger partial charge in [0, 0.05) is 18.3 Å². The highest BCUT2D eigenvalue weighted by Crippen LogP contribution is 2.41. The van der Waals surface area contributed by atoms with Crippen molar-refractivity contribution in [3.63, 3.8) is 0 Å². The Hall–Kier alpha value is -1.93. The Morgan fingerprint density at radius 1 is 1.33 bits per heavy atom. The molecule has 0 aromatic heterocycles. The van der Waals surface area contributed by atoms with Crippen LogP contribution < -0.4 is 4.74 Å². The van der Waals surface area contributed by atoms with Crippen molar-refractivity contribution in [2.75, 3.05) is 26.4 Å². The number of hydrogen-bond donors (Lipinski definition) is 3. The summed E-state index contributed by atoms with van der Waals surface area (Å²) in [6.07, 6.45) is 4.60. The van der Waals surface area contributed by atoms with Crippen molar-refractivity contribution in [1.29, 1.82) is 0 Å². The van der Waals surface area contributed by atoms with Crippen LogP contribution in [0.4, 0.5) is 0 Å². The number of ether oxygens (including phenoxy) is 3. The van der Waals surface area contributed by atoms with Crippen LogP contribution in [0.1, 0.15) is 24.8 Å². The van der Waals surface area contributed by atoms with Gasteiger partial charge in [0.15, 0.2) is 0 Å². The van der Waals surface area contributed by atoms with E-state index in [9.17, 15) is 15.0 Å². The number of aliphatic carboxylic acids is 1. The van der Waals surface area contributed by atoms with Gasteiger partial charge in [0.25, 0.3) is 0 Å². The Bertz CT molecular complexity index is 719. The van der Waals surface area contributed by atoms with Gasteiger partial charge in [0.2, 0.25) is 0 Å². The highest BCUT2D eigenvalue weighted by molar-refractivity contribution is 5.67. The molecule has 30 heavy (non-hydrogen) atoms. The molecule has 2 aliphatic rings. The quantitative estimate of drug-likeness (QED) is 0.526. The number of aryl methyl sites for hydroxylation is 1. The fraction of sp³-hybridized carbons (Fsp3) is 0.609. The monoisotopic (exact) mass is 420 g/mol. The summed E-state index contributed by atoms with van der Waals surface area (Å²) in [7, 11) is 0. The van der Waals surface area contributed by atoms with E-state index in [2.05, 4.69) is 0 Å². The van der Waals surface area contributed by atoms with Crippen molar-refractivity contribution in [3.05, 3.63) is 42.0 Å². The summed E-state index contributed by atoms with van der Waals surface area (Å²) in [4.78, 5) is 10.6. The molecule has 0 unspecified atom stereocenters. The first-order chi connectivity index (χ1) is 14.4. The van der Waals surface area contributed by atoms with Crippen molar-refractivity contribution in [2.45, 2.75) is 44.5 Å². The molecule has 0 radical (unpaired) electrons.